The lowest BCUT2D eigenvalue weighted by Crippen LogP contribution is -2.30. The molecule has 90 valence electrons. The van der Waals surface area contributed by atoms with Crippen molar-refractivity contribution in [1.82, 2.24) is 15.0 Å². The number of nitroso groups, excluding NO2 is 1. The summed E-state index contributed by atoms with van der Waals surface area (Å²) in [6, 6.07) is 4.27. The molecule has 2 atom stereocenters. The summed E-state index contributed by atoms with van der Waals surface area (Å²) in [5, 5.41) is 4.74. The first kappa shape index (κ1) is 9.94. The Kier molecular flexibility index (Phi) is 1.92. The zero-order valence-corrected chi connectivity index (χ0v) is 9.78. The van der Waals surface area contributed by atoms with Gasteiger partial charge < -0.3 is 0 Å². The highest BCUT2D eigenvalue weighted by atomic mass is 16.3. The third-order valence-corrected chi connectivity index (χ3v) is 4.10. The highest BCUT2D eigenvalue weighted by Gasteiger charge is 2.38. The van der Waals surface area contributed by atoms with Crippen molar-refractivity contribution in [2.75, 3.05) is 13.1 Å². The van der Waals surface area contributed by atoms with Gasteiger partial charge in [-0.3, -0.25) is 15.0 Å². The van der Waals surface area contributed by atoms with Crippen LogP contribution in [0.25, 0.3) is 11.0 Å². The molecule has 18 heavy (non-hydrogen) atoms. The Bertz CT molecular complexity index is 591. The van der Waals surface area contributed by atoms with E-state index < -0.39 is 0 Å². The number of benzene rings is 1. The molecule has 0 amide bonds. The minimum Gasteiger partial charge on any atom is -0.260 e. The van der Waals surface area contributed by atoms with Crippen LogP contribution < -0.4 is 0 Å². The summed E-state index contributed by atoms with van der Waals surface area (Å²) in [5.41, 5.74) is 4.54. The summed E-state index contributed by atoms with van der Waals surface area (Å²) in [5.74, 6) is 0.839. The first-order valence-corrected chi connectivity index (χ1v) is 6.18. The van der Waals surface area contributed by atoms with Crippen LogP contribution in [0.2, 0.25) is 0 Å². The highest BCUT2D eigenvalue weighted by molar-refractivity contribution is 5.77. The molecule has 2 unspecified atom stereocenters. The second kappa shape index (κ2) is 3.48. The Morgan fingerprint density at radius 2 is 1.61 bits per heavy atom. The monoisotopic (exact) mass is 240 g/mol. The van der Waals surface area contributed by atoms with E-state index in [0.29, 0.717) is 11.8 Å². The lowest BCUT2D eigenvalue weighted by Gasteiger charge is -2.26. The van der Waals surface area contributed by atoms with Crippen molar-refractivity contribution in [2.24, 2.45) is 5.29 Å². The molecule has 1 aromatic carbocycles. The van der Waals surface area contributed by atoms with Gasteiger partial charge >= 0.3 is 0 Å². The fourth-order valence-corrected chi connectivity index (χ4v) is 3.34. The van der Waals surface area contributed by atoms with Gasteiger partial charge in [0.05, 0.1) is 16.3 Å². The van der Waals surface area contributed by atoms with E-state index in [-0.39, 0.29) is 0 Å². The van der Waals surface area contributed by atoms with Crippen molar-refractivity contribution in [3.63, 3.8) is 0 Å². The lowest BCUT2D eigenvalue weighted by molar-refractivity contribution is 0.208. The summed E-state index contributed by atoms with van der Waals surface area (Å²) in [7, 11) is 0. The zero-order valence-electron chi connectivity index (χ0n) is 9.78. The summed E-state index contributed by atoms with van der Waals surface area (Å²) in [6.07, 6.45) is 4.56. The Morgan fingerprint density at radius 1 is 1.06 bits per heavy atom. The van der Waals surface area contributed by atoms with E-state index in [4.69, 9.17) is 0 Å². The van der Waals surface area contributed by atoms with Gasteiger partial charge in [-0.25, -0.2) is 0 Å². The SMILES string of the molecule is O=NN1CC2CC(C1)c1cc3nccnc3cc12. The van der Waals surface area contributed by atoms with E-state index in [1.807, 2.05) is 0 Å². The number of aromatic nitrogens is 2. The number of hydrogen-bond donors (Lipinski definition) is 0. The topological polar surface area (TPSA) is 58.5 Å². The van der Waals surface area contributed by atoms with Gasteiger partial charge in [-0.1, -0.05) is 0 Å². The summed E-state index contributed by atoms with van der Waals surface area (Å²) < 4.78 is 0. The van der Waals surface area contributed by atoms with Crippen molar-refractivity contribution in [2.45, 2.75) is 18.3 Å². The predicted molar refractivity (Wildman–Crippen MR) is 67.0 cm³/mol. The number of piperidine rings is 1. The number of hydrogen-bond acceptors (Lipinski definition) is 4. The molecule has 0 N–H and O–H groups in total. The third-order valence-electron chi connectivity index (χ3n) is 4.10. The molecule has 2 aliphatic rings. The molecule has 0 saturated carbocycles. The number of nitrogens with zero attached hydrogens (tertiary/aromatic N) is 4. The molecule has 2 heterocycles. The van der Waals surface area contributed by atoms with Crippen molar-refractivity contribution in [1.29, 1.82) is 0 Å². The lowest BCUT2D eigenvalue weighted by atomic mass is 9.97. The molecule has 1 aliphatic carbocycles. The van der Waals surface area contributed by atoms with Crippen molar-refractivity contribution < 1.29 is 0 Å². The average molecular weight is 240 g/mol. The van der Waals surface area contributed by atoms with Gasteiger partial charge in [-0.05, 0) is 29.7 Å². The largest absolute Gasteiger partial charge is 0.260 e. The molecule has 4 rings (SSSR count). The van der Waals surface area contributed by atoms with Crippen LogP contribution in [-0.4, -0.2) is 28.1 Å². The van der Waals surface area contributed by atoms with Crippen molar-refractivity contribution in [3.05, 3.63) is 40.6 Å². The summed E-state index contributed by atoms with van der Waals surface area (Å²) in [4.78, 5) is 19.4. The fraction of sp³-hybridized carbons (Fsp3) is 0.385. The molecule has 1 aromatic heterocycles. The van der Waals surface area contributed by atoms with Crippen LogP contribution in [0.1, 0.15) is 29.4 Å². The van der Waals surface area contributed by atoms with Gasteiger partial charge in [0.2, 0.25) is 0 Å². The highest BCUT2D eigenvalue weighted by Crippen LogP contribution is 2.46. The van der Waals surface area contributed by atoms with Gasteiger partial charge in [0.15, 0.2) is 0 Å². The van der Waals surface area contributed by atoms with Crippen LogP contribution in [-0.2, 0) is 0 Å². The third kappa shape index (κ3) is 1.27. The van der Waals surface area contributed by atoms with E-state index in [2.05, 4.69) is 27.4 Å². The molecule has 5 heteroatoms. The van der Waals surface area contributed by atoms with Crippen LogP contribution in [0.15, 0.2) is 29.8 Å². The van der Waals surface area contributed by atoms with E-state index >= 15 is 0 Å². The Balaban J connectivity index is 1.90. The molecular formula is C13H12N4O. The molecular weight excluding hydrogens is 228 g/mol. The van der Waals surface area contributed by atoms with Gasteiger partial charge in [0.1, 0.15) is 0 Å². The van der Waals surface area contributed by atoms with Crippen LogP contribution >= 0.6 is 0 Å². The van der Waals surface area contributed by atoms with Crippen molar-refractivity contribution in [3.8, 4) is 0 Å². The van der Waals surface area contributed by atoms with E-state index in [0.717, 1.165) is 30.5 Å². The number of fused-ring (bicyclic) bond motifs is 6. The smallest absolute Gasteiger partial charge is 0.0889 e. The van der Waals surface area contributed by atoms with Gasteiger partial charge in [-0.2, -0.15) is 0 Å². The molecule has 0 spiro atoms. The maximum atomic E-state index is 10.7. The van der Waals surface area contributed by atoms with E-state index in [1.165, 1.54) is 11.1 Å². The first-order valence-electron chi connectivity index (χ1n) is 6.18. The molecule has 2 bridgehead atoms. The molecule has 0 radical (unpaired) electrons. The Labute approximate surface area is 104 Å². The molecule has 5 nitrogen and oxygen atoms in total. The van der Waals surface area contributed by atoms with Crippen LogP contribution in [0.3, 0.4) is 0 Å². The van der Waals surface area contributed by atoms with Crippen LogP contribution in [0.5, 0.6) is 0 Å². The average Bonchev–Trinajstić information content (AvgIpc) is 2.68. The number of rotatable bonds is 1. The molecule has 2 aromatic rings. The van der Waals surface area contributed by atoms with Crippen LogP contribution in [0.4, 0.5) is 0 Å². The first-order chi connectivity index (χ1) is 8.85. The fourth-order valence-electron chi connectivity index (χ4n) is 3.34. The molecule has 1 fully saturated rings. The second-order valence-electron chi connectivity index (χ2n) is 5.11. The Hall–Kier alpha value is -2.04. The Morgan fingerprint density at radius 3 is 2.11 bits per heavy atom. The minimum absolute atomic E-state index is 0.419. The maximum absolute atomic E-state index is 10.7. The van der Waals surface area contributed by atoms with Gasteiger partial charge in [0.25, 0.3) is 0 Å². The van der Waals surface area contributed by atoms with E-state index in [9.17, 15) is 4.91 Å². The summed E-state index contributed by atoms with van der Waals surface area (Å²) >= 11 is 0. The zero-order chi connectivity index (χ0) is 12.1. The quantitative estimate of drug-likeness (QED) is 0.717. The van der Waals surface area contributed by atoms with Crippen molar-refractivity contribution >= 4 is 11.0 Å². The second-order valence-corrected chi connectivity index (χ2v) is 5.11. The molecule has 1 saturated heterocycles. The standard InChI is InChI=1S/C13H12N4O/c18-16-17-6-8-3-9(7-17)11-5-13-12(4-10(8)11)14-1-2-15-13/h1-2,4-5,8-9H,3,6-7H2. The van der Waals surface area contributed by atoms with E-state index in [1.54, 1.807) is 17.4 Å². The van der Waals surface area contributed by atoms with Crippen LogP contribution in [0, 0.1) is 4.91 Å². The van der Waals surface area contributed by atoms with Gasteiger partial charge in [0, 0.05) is 37.3 Å². The molecule has 1 aliphatic heterocycles. The van der Waals surface area contributed by atoms with Gasteiger partial charge in [-0.15, -0.1) is 4.91 Å². The summed E-state index contributed by atoms with van der Waals surface area (Å²) in [6.45, 7) is 1.47. The predicted octanol–water partition coefficient (Wildman–Crippen LogP) is 2.20. The normalized spacial score (nSPS) is 25.2. The maximum Gasteiger partial charge on any atom is 0.0889 e. The minimum atomic E-state index is 0.419.